The molecule has 1 rings (SSSR count). The van der Waals surface area contributed by atoms with E-state index in [0.717, 1.165) is 13.2 Å². The number of likely N-dealkylation sites (N-methyl/N-ethyl adjacent to an activating group) is 1. The third kappa shape index (κ3) is 4.58. The van der Waals surface area contributed by atoms with E-state index in [1.165, 1.54) is 39.2 Å². The quantitative estimate of drug-likeness (QED) is 0.710. The van der Waals surface area contributed by atoms with Crippen molar-refractivity contribution in [3.05, 3.63) is 0 Å². The van der Waals surface area contributed by atoms with Crippen LogP contribution in [0.25, 0.3) is 0 Å². The molecule has 0 aromatic carbocycles. The van der Waals surface area contributed by atoms with Gasteiger partial charge in [0.1, 0.15) is 5.54 Å². The van der Waals surface area contributed by atoms with Crippen LogP contribution in [0.2, 0.25) is 0 Å². The lowest BCUT2D eigenvalue weighted by Gasteiger charge is -2.29. The van der Waals surface area contributed by atoms with Crippen molar-refractivity contribution < 1.29 is 14.3 Å². The number of esters is 1. The third-order valence-electron chi connectivity index (χ3n) is 3.67. The van der Waals surface area contributed by atoms with Crippen LogP contribution in [-0.2, 0) is 14.3 Å². The second kappa shape index (κ2) is 7.74. The van der Waals surface area contributed by atoms with Crippen molar-refractivity contribution in [2.75, 3.05) is 26.9 Å². The first-order valence-electron chi connectivity index (χ1n) is 7.03. The van der Waals surface area contributed by atoms with Crippen molar-refractivity contribution in [2.24, 2.45) is 5.92 Å². The molecule has 0 aliphatic heterocycles. The van der Waals surface area contributed by atoms with E-state index >= 15 is 0 Å². The van der Waals surface area contributed by atoms with Crippen molar-refractivity contribution in [3.8, 4) is 0 Å². The van der Waals surface area contributed by atoms with Crippen LogP contribution in [-0.4, -0.2) is 38.4 Å². The number of carbonyl (C=O) groups excluding carboxylic acids is 1. The molecule has 1 saturated carbocycles. The van der Waals surface area contributed by atoms with Gasteiger partial charge in [0, 0.05) is 6.61 Å². The van der Waals surface area contributed by atoms with Gasteiger partial charge >= 0.3 is 5.97 Å². The molecule has 0 bridgehead atoms. The van der Waals surface area contributed by atoms with Crippen LogP contribution in [0.5, 0.6) is 0 Å². The van der Waals surface area contributed by atoms with E-state index in [2.05, 4.69) is 5.32 Å². The molecule has 0 spiro atoms. The van der Waals surface area contributed by atoms with E-state index < -0.39 is 5.54 Å². The summed E-state index contributed by atoms with van der Waals surface area (Å²) in [5.74, 6) is 0.412. The first kappa shape index (κ1) is 15.4. The molecule has 0 radical (unpaired) electrons. The van der Waals surface area contributed by atoms with Gasteiger partial charge in [-0.2, -0.15) is 0 Å². The smallest absolute Gasteiger partial charge is 0.328 e. The van der Waals surface area contributed by atoms with Crippen LogP contribution in [0.3, 0.4) is 0 Å². The van der Waals surface area contributed by atoms with Gasteiger partial charge in [0.25, 0.3) is 0 Å². The summed E-state index contributed by atoms with van der Waals surface area (Å²) < 4.78 is 10.6. The summed E-state index contributed by atoms with van der Waals surface area (Å²) in [6, 6.07) is 0. The number of nitrogens with one attached hydrogen (secondary N) is 1. The second-order valence-corrected chi connectivity index (χ2v) is 5.37. The van der Waals surface area contributed by atoms with Gasteiger partial charge in [-0.3, -0.25) is 0 Å². The molecular weight excluding hydrogens is 230 g/mol. The Morgan fingerprint density at radius 3 is 2.56 bits per heavy atom. The predicted molar refractivity (Wildman–Crippen MR) is 71.5 cm³/mol. The predicted octanol–water partition coefficient (Wildman–Crippen LogP) is 2.12. The topological polar surface area (TPSA) is 47.6 Å². The monoisotopic (exact) mass is 257 g/mol. The molecular formula is C14H27NO3. The zero-order valence-electron chi connectivity index (χ0n) is 12.0. The first-order chi connectivity index (χ1) is 8.62. The van der Waals surface area contributed by atoms with Crippen LogP contribution < -0.4 is 5.32 Å². The summed E-state index contributed by atoms with van der Waals surface area (Å²) in [6.07, 6.45) is 6.51. The lowest BCUT2D eigenvalue weighted by Crippen LogP contribution is -2.53. The molecule has 1 unspecified atom stereocenters. The van der Waals surface area contributed by atoms with Crippen LogP contribution in [0.4, 0.5) is 0 Å². The third-order valence-corrected chi connectivity index (χ3v) is 3.67. The summed E-state index contributed by atoms with van der Waals surface area (Å²) in [6.45, 7) is 5.67. The van der Waals surface area contributed by atoms with Gasteiger partial charge in [0.15, 0.2) is 0 Å². The average molecular weight is 257 g/mol. The van der Waals surface area contributed by atoms with Crippen molar-refractivity contribution in [1.29, 1.82) is 0 Å². The largest absolute Gasteiger partial charge is 0.468 e. The first-order valence-corrected chi connectivity index (χ1v) is 7.03. The number of hydrogen-bond donors (Lipinski definition) is 1. The fourth-order valence-corrected chi connectivity index (χ4v) is 2.58. The molecule has 0 saturated heterocycles. The lowest BCUT2D eigenvalue weighted by molar-refractivity contribution is -0.151. The van der Waals surface area contributed by atoms with E-state index in [-0.39, 0.29) is 5.97 Å². The Labute approximate surface area is 110 Å². The lowest BCUT2D eigenvalue weighted by atomic mass is 9.90. The molecule has 1 aliphatic rings. The minimum Gasteiger partial charge on any atom is -0.468 e. The Balaban J connectivity index is 2.34. The SMILES string of the molecule is CCNC(C)(COCC1CCCCC1)C(=O)OC. The number of rotatable bonds is 7. The fraction of sp³-hybridized carbons (Fsp3) is 0.929. The van der Waals surface area contributed by atoms with Gasteiger partial charge in [-0.25, -0.2) is 4.79 Å². The van der Waals surface area contributed by atoms with E-state index in [1.54, 1.807) is 0 Å². The Morgan fingerprint density at radius 2 is 2.00 bits per heavy atom. The standard InChI is InChI=1S/C14H27NO3/c1-4-15-14(2,13(16)17-3)11-18-10-12-8-6-5-7-9-12/h12,15H,4-11H2,1-3H3. The summed E-state index contributed by atoms with van der Waals surface area (Å²) in [5.41, 5.74) is -0.724. The van der Waals surface area contributed by atoms with Gasteiger partial charge in [-0.05, 0) is 32.2 Å². The summed E-state index contributed by atoms with van der Waals surface area (Å²) in [4.78, 5) is 11.7. The van der Waals surface area contributed by atoms with Crippen LogP contribution >= 0.6 is 0 Å². The summed E-state index contributed by atoms with van der Waals surface area (Å²) in [7, 11) is 1.42. The zero-order valence-corrected chi connectivity index (χ0v) is 12.0. The van der Waals surface area contributed by atoms with Gasteiger partial charge < -0.3 is 14.8 Å². The molecule has 0 aromatic rings. The van der Waals surface area contributed by atoms with Crippen molar-refractivity contribution in [3.63, 3.8) is 0 Å². The molecule has 0 amide bonds. The van der Waals surface area contributed by atoms with Crippen LogP contribution in [0, 0.1) is 5.92 Å². The highest BCUT2D eigenvalue weighted by atomic mass is 16.5. The number of ether oxygens (including phenoxy) is 2. The Kier molecular flexibility index (Phi) is 6.65. The Morgan fingerprint density at radius 1 is 1.33 bits per heavy atom. The minimum atomic E-state index is -0.724. The molecule has 0 heterocycles. The van der Waals surface area contributed by atoms with E-state index in [9.17, 15) is 4.79 Å². The molecule has 4 nitrogen and oxygen atoms in total. The Bertz CT molecular complexity index is 251. The van der Waals surface area contributed by atoms with Crippen LogP contribution in [0.15, 0.2) is 0 Å². The van der Waals surface area contributed by atoms with Crippen molar-refractivity contribution >= 4 is 5.97 Å². The number of hydrogen-bond acceptors (Lipinski definition) is 4. The molecule has 18 heavy (non-hydrogen) atoms. The van der Waals surface area contributed by atoms with Crippen molar-refractivity contribution in [2.45, 2.75) is 51.5 Å². The Hall–Kier alpha value is -0.610. The molecule has 0 aromatic heterocycles. The maximum Gasteiger partial charge on any atom is 0.328 e. The van der Waals surface area contributed by atoms with Crippen LogP contribution in [0.1, 0.15) is 46.0 Å². The van der Waals surface area contributed by atoms with E-state index in [4.69, 9.17) is 9.47 Å². The molecule has 106 valence electrons. The molecule has 1 atom stereocenters. The summed E-state index contributed by atoms with van der Waals surface area (Å²) >= 11 is 0. The molecule has 4 heteroatoms. The van der Waals surface area contributed by atoms with E-state index in [0.29, 0.717) is 12.5 Å². The highest BCUT2D eigenvalue weighted by Crippen LogP contribution is 2.24. The second-order valence-electron chi connectivity index (χ2n) is 5.37. The van der Waals surface area contributed by atoms with Crippen molar-refractivity contribution in [1.82, 2.24) is 5.32 Å². The fourth-order valence-electron chi connectivity index (χ4n) is 2.58. The van der Waals surface area contributed by atoms with Gasteiger partial charge in [-0.1, -0.05) is 26.2 Å². The molecule has 1 N–H and O–H groups in total. The highest BCUT2D eigenvalue weighted by Gasteiger charge is 2.34. The van der Waals surface area contributed by atoms with Gasteiger partial charge in [0.05, 0.1) is 13.7 Å². The summed E-state index contributed by atoms with van der Waals surface area (Å²) in [5, 5.41) is 3.15. The molecule has 1 aliphatic carbocycles. The normalized spacial score (nSPS) is 20.4. The molecule has 1 fully saturated rings. The number of carbonyl (C=O) groups is 1. The maximum absolute atomic E-state index is 11.7. The minimum absolute atomic E-state index is 0.256. The van der Waals surface area contributed by atoms with E-state index in [1.807, 2.05) is 13.8 Å². The average Bonchev–Trinajstić information content (AvgIpc) is 2.39. The zero-order chi connectivity index (χ0) is 13.4. The van der Waals surface area contributed by atoms with Gasteiger partial charge in [0.2, 0.25) is 0 Å². The number of methoxy groups -OCH3 is 1. The van der Waals surface area contributed by atoms with Gasteiger partial charge in [-0.15, -0.1) is 0 Å². The highest BCUT2D eigenvalue weighted by molar-refractivity contribution is 5.80. The maximum atomic E-state index is 11.7.